The van der Waals surface area contributed by atoms with Gasteiger partial charge in [-0.1, -0.05) is 0 Å². The lowest BCUT2D eigenvalue weighted by Gasteiger charge is -2.13. The first-order valence-corrected chi connectivity index (χ1v) is 7.35. The van der Waals surface area contributed by atoms with Gasteiger partial charge in [0.1, 0.15) is 0 Å². The molecule has 1 saturated heterocycles. The largest absolute Gasteiger partial charge is 0.302 e. The molecule has 1 aromatic rings. The highest BCUT2D eigenvalue weighted by molar-refractivity contribution is 7.86. The molecule has 1 unspecified atom stereocenters. The van der Waals surface area contributed by atoms with Crippen molar-refractivity contribution in [3.8, 4) is 0 Å². The SMILES string of the molecule is O=C1CC(CS(=O)(=O)F)CN1c1nc(Cl)nc(Cl)n1. The second-order valence-electron chi connectivity index (χ2n) is 3.95. The van der Waals surface area contributed by atoms with Crippen LogP contribution >= 0.6 is 23.2 Å². The maximum atomic E-state index is 12.6. The van der Waals surface area contributed by atoms with Gasteiger partial charge in [-0.05, 0) is 23.2 Å². The van der Waals surface area contributed by atoms with Gasteiger partial charge >= 0.3 is 10.2 Å². The molecule has 0 saturated carbocycles. The molecule has 104 valence electrons. The molecule has 1 aliphatic heterocycles. The summed E-state index contributed by atoms with van der Waals surface area (Å²) in [5.74, 6) is -1.88. The van der Waals surface area contributed by atoms with Crippen LogP contribution in [0, 0.1) is 5.92 Å². The van der Waals surface area contributed by atoms with Crippen LogP contribution in [-0.4, -0.2) is 41.6 Å². The van der Waals surface area contributed by atoms with Gasteiger partial charge in [0, 0.05) is 18.9 Å². The van der Waals surface area contributed by atoms with Gasteiger partial charge in [0.15, 0.2) is 0 Å². The van der Waals surface area contributed by atoms with E-state index in [0.717, 1.165) is 4.90 Å². The Kier molecular flexibility index (Phi) is 3.88. The monoisotopic (exact) mass is 328 g/mol. The van der Waals surface area contributed by atoms with Crippen molar-refractivity contribution >= 4 is 45.3 Å². The van der Waals surface area contributed by atoms with Crippen molar-refractivity contribution in [2.45, 2.75) is 6.42 Å². The third-order valence-electron chi connectivity index (χ3n) is 2.45. The van der Waals surface area contributed by atoms with Gasteiger partial charge < -0.3 is 0 Å². The molecule has 0 spiro atoms. The molecule has 1 amide bonds. The van der Waals surface area contributed by atoms with Crippen LogP contribution in [-0.2, 0) is 15.0 Å². The first kappa shape index (κ1) is 14.4. The number of amides is 1. The van der Waals surface area contributed by atoms with Crippen LogP contribution in [0.1, 0.15) is 6.42 Å². The zero-order valence-corrected chi connectivity index (χ0v) is 11.6. The fourth-order valence-corrected chi connectivity index (χ4v) is 2.95. The summed E-state index contributed by atoms with van der Waals surface area (Å²) in [5.41, 5.74) is 0. The fraction of sp³-hybridized carbons (Fsp3) is 0.500. The van der Waals surface area contributed by atoms with Crippen LogP contribution in [0.4, 0.5) is 9.83 Å². The Labute approximate surface area is 118 Å². The maximum absolute atomic E-state index is 12.6. The minimum Gasteiger partial charge on any atom is -0.280 e. The number of carbonyl (C=O) groups is 1. The third-order valence-corrected chi connectivity index (χ3v) is 3.66. The molecular formula is C8H7Cl2FN4O3S. The first-order valence-electron chi connectivity index (χ1n) is 5.04. The van der Waals surface area contributed by atoms with E-state index in [1.165, 1.54) is 0 Å². The minimum atomic E-state index is -4.64. The van der Waals surface area contributed by atoms with E-state index in [1.807, 2.05) is 0 Å². The van der Waals surface area contributed by atoms with Crippen LogP contribution in [0.3, 0.4) is 0 Å². The molecule has 1 fully saturated rings. The molecule has 1 atom stereocenters. The number of carbonyl (C=O) groups excluding carboxylic acids is 1. The number of aromatic nitrogens is 3. The highest BCUT2D eigenvalue weighted by Crippen LogP contribution is 2.25. The van der Waals surface area contributed by atoms with Crippen LogP contribution in [0.5, 0.6) is 0 Å². The molecule has 19 heavy (non-hydrogen) atoms. The minimum absolute atomic E-state index is 0.0152. The Morgan fingerprint density at radius 1 is 1.26 bits per heavy atom. The molecule has 0 bridgehead atoms. The molecule has 2 rings (SSSR count). The summed E-state index contributed by atoms with van der Waals surface area (Å²) in [6.45, 7) is -0.0152. The quantitative estimate of drug-likeness (QED) is 0.763. The van der Waals surface area contributed by atoms with Gasteiger partial charge in [-0.25, -0.2) is 0 Å². The molecule has 2 heterocycles. The van der Waals surface area contributed by atoms with E-state index in [1.54, 1.807) is 0 Å². The van der Waals surface area contributed by atoms with E-state index in [4.69, 9.17) is 23.2 Å². The molecule has 1 aromatic heterocycles. The Bertz CT molecular complexity index is 606. The first-order chi connectivity index (χ1) is 8.74. The predicted octanol–water partition coefficient (Wildman–Crippen LogP) is 0.831. The van der Waals surface area contributed by atoms with Crippen LogP contribution in [0.2, 0.25) is 10.6 Å². The maximum Gasteiger partial charge on any atom is 0.302 e. The smallest absolute Gasteiger partial charge is 0.280 e. The number of rotatable bonds is 3. The van der Waals surface area contributed by atoms with Crippen molar-refractivity contribution in [2.24, 2.45) is 5.92 Å². The molecule has 0 radical (unpaired) electrons. The van der Waals surface area contributed by atoms with Crippen molar-refractivity contribution < 1.29 is 17.1 Å². The average molecular weight is 329 g/mol. The Hall–Kier alpha value is -1.06. The van der Waals surface area contributed by atoms with Crippen molar-refractivity contribution in [1.29, 1.82) is 0 Å². The molecular weight excluding hydrogens is 322 g/mol. The Morgan fingerprint density at radius 3 is 2.37 bits per heavy atom. The number of hydrogen-bond acceptors (Lipinski definition) is 6. The van der Waals surface area contributed by atoms with Crippen molar-refractivity contribution in [2.75, 3.05) is 17.2 Å². The Balaban J connectivity index is 2.20. The zero-order valence-electron chi connectivity index (χ0n) is 9.25. The summed E-state index contributed by atoms with van der Waals surface area (Å²) >= 11 is 11.2. The molecule has 0 N–H and O–H groups in total. The van der Waals surface area contributed by atoms with Crippen LogP contribution in [0.25, 0.3) is 0 Å². The molecule has 7 nitrogen and oxygen atoms in total. The van der Waals surface area contributed by atoms with E-state index in [-0.39, 0.29) is 29.5 Å². The van der Waals surface area contributed by atoms with Gasteiger partial charge in [0.25, 0.3) is 0 Å². The van der Waals surface area contributed by atoms with Crippen LogP contribution < -0.4 is 4.90 Å². The van der Waals surface area contributed by atoms with Gasteiger partial charge in [-0.15, -0.1) is 3.89 Å². The summed E-state index contributed by atoms with van der Waals surface area (Å²) in [6.07, 6.45) is -0.107. The summed E-state index contributed by atoms with van der Waals surface area (Å²) in [5, 5.41) is -0.381. The lowest BCUT2D eigenvalue weighted by atomic mass is 10.1. The van der Waals surface area contributed by atoms with E-state index in [2.05, 4.69) is 15.0 Å². The van der Waals surface area contributed by atoms with Gasteiger partial charge in [0.05, 0.1) is 5.75 Å². The van der Waals surface area contributed by atoms with Gasteiger partial charge in [-0.2, -0.15) is 23.4 Å². The average Bonchev–Trinajstić information content (AvgIpc) is 2.54. The molecule has 1 aliphatic rings. The lowest BCUT2D eigenvalue weighted by molar-refractivity contribution is -0.117. The second-order valence-corrected chi connectivity index (χ2v) is 6.04. The summed E-state index contributed by atoms with van der Waals surface area (Å²) < 4.78 is 33.7. The summed E-state index contributed by atoms with van der Waals surface area (Å²) in [7, 11) is -4.64. The predicted molar refractivity (Wildman–Crippen MR) is 65.2 cm³/mol. The van der Waals surface area contributed by atoms with Crippen LogP contribution in [0.15, 0.2) is 0 Å². The lowest BCUT2D eigenvalue weighted by Crippen LogP contribution is -2.27. The number of hydrogen-bond donors (Lipinski definition) is 0. The molecule has 11 heteroatoms. The number of anilines is 1. The van der Waals surface area contributed by atoms with Crippen molar-refractivity contribution in [3.05, 3.63) is 10.6 Å². The number of nitrogens with zero attached hydrogens (tertiary/aromatic N) is 4. The topological polar surface area (TPSA) is 93.1 Å². The van der Waals surface area contributed by atoms with Gasteiger partial charge in [0.2, 0.25) is 22.4 Å². The fourth-order valence-electron chi connectivity index (χ4n) is 1.80. The molecule has 0 aliphatic carbocycles. The van der Waals surface area contributed by atoms with Crippen molar-refractivity contribution in [3.63, 3.8) is 0 Å². The number of halogens is 3. The van der Waals surface area contributed by atoms with E-state index < -0.39 is 27.8 Å². The van der Waals surface area contributed by atoms with E-state index in [9.17, 15) is 17.1 Å². The molecule has 0 aromatic carbocycles. The zero-order chi connectivity index (χ0) is 14.2. The van der Waals surface area contributed by atoms with Crippen molar-refractivity contribution in [1.82, 2.24) is 15.0 Å². The van der Waals surface area contributed by atoms with E-state index >= 15 is 0 Å². The third kappa shape index (κ3) is 3.71. The van der Waals surface area contributed by atoms with E-state index in [0.29, 0.717) is 0 Å². The summed E-state index contributed by atoms with van der Waals surface area (Å²) in [4.78, 5) is 23.8. The highest BCUT2D eigenvalue weighted by Gasteiger charge is 2.35. The second kappa shape index (κ2) is 5.14. The Morgan fingerprint density at radius 2 is 1.84 bits per heavy atom. The van der Waals surface area contributed by atoms with Gasteiger partial charge in [-0.3, -0.25) is 9.69 Å². The normalized spacial score (nSPS) is 20.1. The highest BCUT2D eigenvalue weighted by atomic mass is 35.5. The standard InChI is InChI=1S/C8H7Cl2FN4O3S/c9-6-12-7(10)14-8(13-6)15-2-4(1-5(15)16)3-19(11,17)18/h4H,1-3H2. The summed E-state index contributed by atoms with van der Waals surface area (Å²) in [6, 6.07) is 0.